The highest BCUT2D eigenvalue weighted by Gasteiger charge is 2.24. The van der Waals surface area contributed by atoms with Gasteiger partial charge in [-0.25, -0.2) is 0 Å². The zero-order valence-electron chi connectivity index (χ0n) is 18.0. The van der Waals surface area contributed by atoms with Crippen LogP contribution in [0.1, 0.15) is 33.6 Å². The van der Waals surface area contributed by atoms with Gasteiger partial charge in [-0.05, 0) is 110 Å². The summed E-state index contributed by atoms with van der Waals surface area (Å²) in [5.41, 5.74) is 8.02. The molecule has 0 saturated carbocycles. The first kappa shape index (κ1) is 21.9. The third kappa shape index (κ3) is 4.96. The summed E-state index contributed by atoms with van der Waals surface area (Å²) < 4.78 is 3.42. The lowest BCUT2D eigenvalue weighted by atomic mass is 10.1. The monoisotopic (exact) mass is 541 g/mol. The zero-order valence-corrected chi connectivity index (χ0v) is 21.0. The van der Waals surface area contributed by atoms with Crippen molar-refractivity contribution in [3.8, 4) is 5.69 Å². The van der Waals surface area contributed by atoms with E-state index in [2.05, 4.69) is 114 Å². The molecular weight excluding hydrogens is 517 g/mol. The van der Waals surface area contributed by atoms with E-state index < -0.39 is 0 Å². The molecular formula is C25H24IN3OS. The fraction of sp³-hybridized carbons (Fsp3) is 0.200. The average molecular weight is 541 g/mol. The van der Waals surface area contributed by atoms with Crippen LogP contribution in [0.4, 0.5) is 0 Å². The number of amides is 1. The number of carbonyl (C=O) groups is 1. The molecule has 1 N–H and O–H groups in total. The molecule has 6 heteroatoms. The number of aryl methyl sites for hydroxylation is 3. The summed E-state index contributed by atoms with van der Waals surface area (Å²) >= 11 is 3.71. The summed E-state index contributed by atoms with van der Waals surface area (Å²) in [6.07, 6.45) is 1.96. The van der Waals surface area contributed by atoms with Crippen molar-refractivity contribution in [1.29, 1.82) is 0 Å². The number of benzene rings is 2. The first-order valence-electron chi connectivity index (χ1n) is 10.1. The molecule has 0 spiro atoms. The maximum atomic E-state index is 12.5. The maximum absolute atomic E-state index is 12.5. The van der Waals surface area contributed by atoms with Gasteiger partial charge in [0.25, 0.3) is 5.91 Å². The van der Waals surface area contributed by atoms with Gasteiger partial charge in [0, 0.05) is 20.6 Å². The minimum absolute atomic E-state index is 0.0942. The smallest absolute Gasteiger partial charge is 0.264 e. The molecule has 1 aliphatic heterocycles. The van der Waals surface area contributed by atoms with Gasteiger partial charge in [-0.3, -0.25) is 9.79 Å². The van der Waals surface area contributed by atoms with Gasteiger partial charge in [0.05, 0.1) is 11.4 Å². The molecule has 0 unspecified atom stereocenters. The van der Waals surface area contributed by atoms with Crippen molar-refractivity contribution in [2.24, 2.45) is 4.99 Å². The van der Waals surface area contributed by atoms with E-state index in [0.717, 1.165) is 28.2 Å². The molecule has 0 aliphatic carbocycles. The second-order valence-corrected chi connectivity index (χ2v) is 10.1. The van der Waals surface area contributed by atoms with Crippen molar-refractivity contribution in [3.63, 3.8) is 0 Å². The SMILES string of the molecule is Cc1cc(C)cc(CN=C2NC(=O)/C(=C/c3cc(C)n(-c4ccc(I)cc4)c3C)S2)c1. The predicted octanol–water partition coefficient (Wildman–Crippen LogP) is 6.08. The standard InChI is InChI=1S/C25H24IN3OS/c1-15-9-16(2)11-19(10-15)14-27-25-28-24(30)23(31-25)13-20-12-17(3)29(18(20)4)22-7-5-21(26)6-8-22/h5-13H,14H2,1-4H3,(H,27,28,30)/b23-13-. The summed E-state index contributed by atoms with van der Waals surface area (Å²) in [5.74, 6) is -0.0942. The van der Waals surface area contributed by atoms with Gasteiger partial charge in [-0.15, -0.1) is 0 Å². The topological polar surface area (TPSA) is 46.4 Å². The van der Waals surface area contributed by atoms with E-state index in [0.29, 0.717) is 16.6 Å². The van der Waals surface area contributed by atoms with Crippen LogP contribution in [0.15, 0.2) is 58.4 Å². The first-order valence-corrected chi connectivity index (χ1v) is 12.0. The van der Waals surface area contributed by atoms with Crippen LogP contribution in [0.25, 0.3) is 11.8 Å². The van der Waals surface area contributed by atoms with Gasteiger partial charge < -0.3 is 9.88 Å². The Kier molecular flexibility index (Phi) is 6.39. The Morgan fingerprint density at radius 2 is 1.71 bits per heavy atom. The second kappa shape index (κ2) is 9.04. The number of amidine groups is 1. The number of halogens is 1. The van der Waals surface area contributed by atoms with E-state index >= 15 is 0 Å². The quantitative estimate of drug-likeness (QED) is 0.322. The van der Waals surface area contributed by atoms with Crippen molar-refractivity contribution in [1.82, 2.24) is 9.88 Å². The largest absolute Gasteiger partial charge is 0.318 e. The molecule has 4 nitrogen and oxygen atoms in total. The molecule has 1 amide bonds. The van der Waals surface area contributed by atoms with Crippen LogP contribution in [-0.2, 0) is 11.3 Å². The lowest BCUT2D eigenvalue weighted by Crippen LogP contribution is -2.19. The first-order chi connectivity index (χ1) is 14.8. The third-order valence-electron chi connectivity index (χ3n) is 5.18. The Morgan fingerprint density at radius 1 is 1.03 bits per heavy atom. The van der Waals surface area contributed by atoms with Crippen molar-refractivity contribution < 1.29 is 4.79 Å². The van der Waals surface area contributed by atoms with Crippen LogP contribution < -0.4 is 5.32 Å². The van der Waals surface area contributed by atoms with Crippen LogP contribution in [-0.4, -0.2) is 15.6 Å². The van der Waals surface area contributed by atoms with Crippen molar-refractivity contribution in [2.75, 3.05) is 0 Å². The molecule has 0 bridgehead atoms. The lowest BCUT2D eigenvalue weighted by Gasteiger charge is -2.09. The number of aliphatic imine (C=N–C) groups is 1. The van der Waals surface area contributed by atoms with Gasteiger partial charge in [-0.1, -0.05) is 29.3 Å². The number of carbonyl (C=O) groups excluding carboxylic acids is 1. The molecule has 0 atom stereocenters. The Labute approximate surface area is 201 Å². The van der Waals surface area contributed by atoms with E-state index in [9.17, 15) is 4.79 Å². The highest BCUT2D eigenvalue weighted by molar-refractivity contribution is 14.1. The molecule has 31 heavy (non-hydrogen) atoms. The van der Waals surface area contributed by atoms with Crippen LogP contribution in [0, 0.1) is 31.3 Å². The number of hydrogen-bond acceptors (Lipinski definition) is 3. The summed E-state index contributed by atoms with van der Waals surface area (Å²) in [5, 5.41) is 3.56. The summed E-state index contributed by atoms with van der Waals surface area (Å²) in [6, 6.07) is 17.0. The normalized spacial score (nSPS) is 16.4. The van der Waals surface area contributed by atoms with E-state index in [-0.39, 0.29) is 5.91 Å². The van der Waals surface area contributed by atoms with Crippen molar-refractivity contribution >= 4 is 51.5 Å². The van der Waals surface area contributed by atoms with Crippen LogP contribution in [0.5, 0.6) is 0 Å². The van der Waals surface area contributed by atoms with Gasteiger partial charge in [0.2, 0.25) is 0 Å². The fourth-order valence-corrected chi connectivity index (χ4v) is 5.06. The summed E-state index contributed by atoms with van der Waals surface area (Å²) in [7, 11) is 0. The molecule has 158 valence electrons. The predicted molar refractivity (Wildman–Crippen MR) is 139 cm³/mol. The van der Waals surface area contributed by atoms with E-state index in [1.807, 2.05) is 6.08 Å². The van der Waals surface area contributed by atoms with Crippen LogP contribution in [0.2, 0.25) is 0 Å². The molecule has 2 heterocycles. The molecule has 1 fully saturated rings. The minimum Gasteiger partial charge on any atom is -0.318 e. The Balaban J connectivity index is 1.56. The second-order valence-electron chi connectivity index (χ2n) is 7.82. The number of aromatic nitrogens is 1. The highest BCUT2D eigenvalue weighted by atomic mass is 127. The molecule has 1 aliphatic rings. The van der Waals surface area contributed by atoms with Crippen molar-refractivity contribution in [3.05, 3.63) is 90.6 Å². The fourth-order valence-electron chi connectivity index (χ4n) is 3.89. The van der Waals surface area contributed by atoms with Crippen molar-refractivity contribution in [2.45, 2.75) is 34.2 Å². The lowest BCUT2D eigenvalue weighted by molar-refractivity contribution is -0.115. The molecule has 0 radical (unpaired) electrons. The Bertz CT molecular complexity index is 1200. The van der Waals surface area contributed by atoms with E-state index in [1.165, 1.54) is 26.5 Å². The molecule has 3 aromatic rings. The van der Waals surface area contributed by atoms with Gasteiger partial charge in [-0.2, -0.15) is 0 Å². The zero-order chi connectivity index (χ0) is 22.1. The van der Waals surface area contributed by atoms with E-state index in [1.54, 1.807) is 0 Å². The highest BCUT2D eigenvalue weighted by Crippen LogP contribution is 2.29. The summed E-state index contributed by atoms with van der Waals surface area (Å²) in [6.45, 7) is 8.90. The number of nitrogens with one attached hydrogen (secondary N) is 1. The minimum atomic E-state index is -0.0942. The average Bonchev–Trinajstić information content (AvgIpc) is 3.19. The van der Waals surface area contributed by atoms with Crippen LogP contribution >= 0.6 is 34.4 Å². The number of nitrogens with zero attached hydrogens (tertiary/aromatic N) is 2. The third-order valence-corrected chi connectivity index (χ3v) is 6.85. The molecule has 4 rings (SSSR count). The summed E-state index contributed by atoms with van der Waals surface area (Å²) in [4.78, 5) is 17.8. The maximum Gasteiger partial charge on any atom is 0.264 e. The van der Waals surface area contributed by atoms with Gasteiger partial charge in [0.15, 0.2) is 5.17 Å². The Hall–Kier alpha value is -2.32. The molecule has 2 aromatic carbocycles. The van der Waals surface area contributed by atoms with Gasteiger partial charge in [0.1, 0.15) is 0 Å². The van der Waals surface area contributed by atoms with E-state index in [4.69, 9.17) is 0 Å². The number of hydrogen-bond donors (Lipinski definition) is 1. The number of thioether (sulfide) groups is 1. The molecule has 1 aromatic heterocycles. The molecule has 1 saturated heterocycles. The van der Waals surface area contributed by atoms with Gasteiger partial charge >= 0.3 is 0 Å². The number of rotatable bonds is 4. The van der Waals surface area contributed by atoms with Crippen LogP contribution in [0.3, 0.4) is 0 Å². The Morgan fingerprint density at radius 3 is 2.39 bits per heavy atom.